The van der Waals surface area contributed by atoms with Crippen molar-refractivity contribution in [1.82, 2.24) is 0 Å². The molecule has 7 atom stereocenters. The van der Waals surface area contributed by atoms with E-state index in [9.17, 15) is 0 Å². The predicted molar refractivity (Wildman–Crippen MR) is 376 cm³/mol. The van der Waals surface area contributed by atoms with Gasteiger partial charge in [-0.05, 0) is 203 Å². The molecule has 2 spiro atoms. The summed E-state index contributed by atoms with van der Waals surface area (Å²) in [5.74, 6) is 3.40. The minimum Gasteiger partial charge on any atom is -0.310 e. The maximum Gasteiger partial charge on any atom is 0.0543 e. The summed E-state index contributed by atoms with van der Waals surface area (Å²) in [4.78, 5) is 2.50. The van der Waals surface area contributed by atoms with Crippen molar-refractivity contribution in [2.45, 2.75) is 68.1 Å². The fourth-order valence-electron chi connectivity index (χ4n) is 18.8. The molecule has 6 aliphatic carbocycles. The summed E-state index contributed by atoms with van der Waals surface area (Å²) in [6.45, 7) is 0. The van der Waals surface area contributed by atoms with Gasteiger partial charge in [0.15, 0.2) is 0 Å². The summed E-state index contributed by atoms with van der Waals surface area (Å²) >= 11 is 0. The van der Waals surface area contributed by atoms with Crippen LogP contribution in [0, 0.1) is 23.7 Å². The lowest BCUT2D eigenvalue weighted by Crippen LogP contribution is -2.31. The zero-order valence-corrected chi connectivity index (χ0v) is 50.9. The van der Waals surface area contributed by atoms with E-state index in [0.29, 0.717) is 0 Å². The summed E-state index contributed by atoms with van der Waals surface area (Å²) in [6, 6.07) is 113. The highest BCUT2D eigenvalue weighted by Gasteiger charge is 2.58. The van der Waals surface area contributed by atoms with Crippen LogP contribution in [0.3, 0.4) is 0 Å². The highest BCUT2D eigenvalue weighted by Crippen LogP contribution is 2.68. The Kier molecular flexibility index (Phi) is 12.7. The molecule has 13 aromatic rings. The Labute approximate surface area is 530 Å². The molecule has 0 saturated heterocycles. The van der Waals surface area contributed by atoms with Gasteiger partial charge in [-0.2, -0.15) is 0 Å². The van der Waals surface area contributed by atoms with Crippen molar-refractivity contribution in [1.29, 1.82) is 0 Å². The number of anilines is 3. The fraction of sp³-hybridized carbons (Fsp3) is 0.169. The molecule has 0 N–H and O–H groups in total. The second kappa shape index (κ2) is 21.5. The molecular weight excluding hydrogens is 1080 g/mol. The number of hydrogen-bond acceptors (Lipinski definition) is 1. The van der Waals surface area contributed by atoms with Gasteiger partial charge in [0, 0.05) is 33.7 Å². The topological polar surface area (TPSA) is 3.24 Å². The SMILES string of the molecule is c1ccc(-c2ccc(C(c3ccc(-c4cccc5c4-c4ccccc4C54CC5CCC4C5)cc3)c3ccc4ccccc4c3)cc2)cc1.c1ccc(-c2ccc(N(c3ccc4ccccc4c3)c3cccc4c3-c3ccccc3C43CC4CCC3C4)cc2)cc1. The highest BCUT2D eigenvalue weighted by atomic mass is 15.1. The Morgan fingerprint density at radius 1 is 0.289 bits per heavy atom. The van der Waals surface area contributed by atoms with E-state index in [2.05, 4.69) is 308 Å². The average Bonchev–Trinajstić information content (AvgIpc) is 1.54. The normalized spacial score (nSPS) is 21.2. The van der Waals surface area contributed by atoms with Gasteiger partial charge in [0.1, 0.15) is 0 Å². The number of nitrogens with zero attached hydrogens (tertiary/aromatic N) is 1. The molecular formula is C89H71N. The largest absolute Gasteiger partial charge is 0.310 e. The smallest absolute Gasteiger partial charge is 0.0543 e. The molecule has 432 valence electrons. The van der Waals surface area contributed by atoms with Crippen molar-refractivity contribution in [2.24, 2.45) is 23.7 Å². The minimum absolute atomic E-state index is 0.132. The van der Waals surface area contributed by atoms with Crippen molar-refractivity contribution in [2.75, 3.05) is 4.90 Å². The first kappa shape index (κ1) is 53.2. The second-order valence-electron chi connectivity index (χ2n) is 27.1. The van der Waals surface area contributed by atoms with Crippen LogP contribution in [-0.2, 0) is 10.8 Å². The molecule has 90 heavy (non-hydrogen) atoms. The van der Waals surface area contributed by atoms with E-state index in [1.54, 1.807) is 22.3 Å². The molecule has 4 saturated carbocycles. The van der Waals surface area contributed by atoms with Crippen LogP contribution < -0.4 is 4.90 Å². The molecule has 1 heteroatoms. The van der Waals surface area contributed by atoms with Gasteiger partial charge in [-0.3, -0.25) is 0 Å². The van der Waals surface area contributed by atoms with E-state index in [-0.39, 0.29) is 16.7 Å². The number of hydrogen-bond donors (Lipinski definition) is 0. The second-order valence-corrected chi connectivity index (χ2v) is 27.1. The van der Waals surface area contributed by atoms with Gasteiger partial charge in [0.2, 0.25) is 0 Å². The zero-order valence-electron chi connectivity index (χ0n) is 50.9. The zero-order chi connectivity index (χ0) is 59.3. The Balaban J connectivity index is 0.000000135. The van der Waals surface area contributed by atoms with Gasteiger partial charge in [-0.25, -0.2) is 0 Å². The van der Waals surface area contributed by atoms with Crippen molar-refractivity contribution in [3.63, 3.8) is 0 Å². The van der Waals surface area contributed by atoms with Crippen LogP contribution in [0.4, 0.5) is 17.1 Å². The van der Waals surface area contributed by atoms with E-state index in [1.165, 1.54) is 162 Å². The standard InChI is InChI=1S/C48H38.C41H33N/c1-2-9-33(10-3-1)35-18-23-37(24-19-35)46(40-27-20-34-11-4-5-12-39(34)30-40)38-25-21-36(22-26-38)42-14-8-16-45-47(42)43-13-6-7-15-44(43)48(45)31-32-17-28-41(48)29-32;1-2-9-29(10-3-1)31-18-22-34(23-19-31)42(35-24-20-30-11-4-5-12-32(30)26-35)39-16-8-15-38-40(39)36-13-6-7-14-37(36)41(38)27-28-17-21-33(41)25-28/h1-16,18-27,30,32,41,46H,17,28-29,31H2;1-16,18-20,22-24,26,28,33H,17,21,25,27H2. The first-order valence-corrected chi connectivity index (χ1v) is 33.2. The van der Waals surface area contributed by atoms with E-state index in [1.807, 2.05) is 0 Å². The monoisotopic (exact) mass is 1150 g/mol. The van der Waals surface area contributed by atoms with Crippen molar-refractivity contribution in [3.8, 4) is 55.6 Å². The van der Waals surface area contributed by atoms with Gasteiger partial charge in [-0.15, -0.1) is 0 Å². The summed E-state index contributed by atoms with van der Waals surface area (Å²) < 4.78 is 0. The van der Waals surface area contributed by atoms with Gasteiger partial charge in [0.25, 0.3) is 0 Å². The van der Waals surface area contributed by atoms with Crippen LogP contribution in [0.25, 0.3) is 77.2 Å². The molecule has 6 aliphatic rings. The summed E-state index contributed by atoms with van der Waals surface area (Å²) in [5, 5.41) is 5.09. The minimum atomic E-state index is 0.132. The van der Waals surface area contributed by atoms with Gasteiger partial charge < -0.3 is 4.90 Å². The molecule has 0 aliphatic heterocycles. The fourth-order valence-corrected chi connectivity index (χ4v) is 18.8. The lowest BCUT2D eigenvalue weighted by molar-refractivity contribution is 0.327. The lowest BCUT2D eigenvalue weighted by atomic mass is 9.66. The van der Waals surface area contributed by atoms with Crippen LogP contribution in [0.5, 0.6) is 0 Å². The van der Waals surface area contributed by atoms with Gasteiger partial charge >= 0.3 is 0 Å². The predicted octanol–water partition coefficient (Wildman–Crippen LogP) is 23.5. The van der Waals surface area contributed by atoms with Gasteiger partial charge in [-0.1, -0.05) is 286 Å². The highest BCUT2D eigenvalue weighted by molar-refractivity contribution is 5.98. The first-order chi connectivity index (χ1) is 44.6. The molecule has 0 amide bonds. The maximum atomic E-state index is 2.50. The van der Waals surface area contributed by atoms with Crippen LogP contribution in [0.1, 0.15) is 96.2 Å². The van der Waals surface area contributed by atoms with E-state index in [4.69, 9.17) is 0 Å². The molecule has 4 fully saturated rings. The molecule has 19 rings (SSSR count). The molecule has 0 aromatic heterocycles. The van der Waals surface area contributed by atoms with Gasteiger partial charge in [0.05, 0.1) is 5.69 Å². The molecule has 7 unspecified atom stereocenters. The third-order valence-corrected chi connectivity index (χ3v) is 22.6. The molecule has 0 radical (unpaired) electrons. The summed E-state index contributed by atoms with van der Waals surface area (Å²) in [7, 11) is 0. The van der Waals surface area contributed by atoms with Crippen LogP contribution in [0.2, 0.25) is 0 Å². The van der Waals surface area contributed by atoms with Crippen LogP contribution in [0.15, 0.2) is 303 Å². The van der Waals surface area contributed by atoms with Crippen molar-refractivity contribution < 1.29 is 0 Å². The lowest BCUT2D eigenvalue weighted by Gasteiger charge is -2.37. The Hall–Kier alpha value is -9.82. The van der Waals surface area contributed by atoms with Crippen molar-refractivity contribution >= 4 is 38.6 Å². The Bertz CT molecular complexity index is 4870. The molecule has 13 aromatic carbocycles. The van der Waals surface area contributed by atoms with E-state index >= 15 is 0 Å². The quantitative estimate of drug-likeness (QED) is 0.130. The number of rotatable bonds is 9. The Morgan fingerprint density at radius 3 is 1.28 bits per heavy atom. The van der Waals surface area contributed by atoms with E-state index < -0.39 is 0 Å². The third kappa shape index (κ3) is 8.49. The summed E-state index contributed by atoms with van der Waals surface area (Å²) in [5.41, 5.74) is 27.8. The van der Waals surface area contributed by atoms with Crippen molar-refractivity contribution in [3.05, 3.63) is 342 Å². The summed E-state index contributed by atoms with van der Waals surface area (Å²) in [6.07, 6.45) is 11.0. The van der Waals surface area contributed by atoms with E-state index in [0.717, 1.165) is 23.7 Å². The first-order valence-electron chi connectivity index (χ1n) is 33.2. The number of benzene rings is 13. The van der Waals surface area contributed by atoms with Crippen LogP contribution in [-0.4, -0.2) is 0 Å². The molecule has 0 heterocycles. The molecule has 1 nitrogen and oxygen atoms in total. The maximum absolute atomic E-state index is 2.50. The molecule has 4 bridgehead atoms. The average molecular weight is 1150 g/mol. The third-order valence-electron chi connectivity index (χ3n) is 22.6. The number of fused-ring (bicyclic) bond motifs is 18. The van der Waals surface area contributed by atoms with Crippen LogP contribution >= 0.6 is 0 Å². The Morgan fingerprint density at radius 2 is 0.711 bits per heavy atom.